The standard InChI is InChI=1S/C8H9ClN2O2/c1-6-10-5-7(8(12)13)11(6)4-2-3-9/h2-3,5H,4H2,1H3,(H,12,13)/b3-2+. The predicted molar refractivity (Wildman–Crippen MR) is 48.9 cm³/mol. The van der Waals surface area contributed by atoms with Crippen LogP contribution in [0.5, 0.6) is 0 Å². The third-order valence-electron chi connectivity index (χ3n) is 1.65. The molecule has 0 unspecified atom stereocenters. The molecule has 1 N–H and O–H groups in total. The Morgan fingerprint density at radius 3 is 3.08 bits per heavy atom. The Kier molecular flexibility index (Phi) is 3.08. The second-order valence-electron chi connectivity index (χ2n) is 2.47. The molecule has 1 aromatic rings. The summed E-state index contributed by atoms with van der Waals surface area (Å²) in [5, 5.41) is 8.76. The number of carboxylic acid groups (broad SMARTS) is 1. The molecule has 0 aliphatic carbocycles. The van der Waals surface area contributed by atoms with Crippen LogP contribution in [0.4, 0.5) is 0 Å². The fraction of sp³-hybridized carbons (Fsp3) is 0.250. The lowest BCUT2D eigenvalue weighted by Gasteiger charge is -2.02. The summed E-state index contributed by atoms with van der Waals surface area (Å²) in [4.78, 5) is 14.6. The van der Waals surface area contributed by atoms with E-state index in [9.17, 15) is 4.79 Å². The molecule has 4 nitrogen and oxygen atoms in total. The van der Waals surface area contributed by atoms with E-state index in [0.717, 1.165) is 0 Å². The van der Waals surface area contributed by atoms with Crippen LogP contribution >= 0.6 is 11.6 Å². The van der Waals surface area contributed by atoms with Gasteiger partial charge in [0.05, 0.1) is 6.20 Å². The van der Waals surface area contributed by atoms with E-state index in [1.54, 1.807) is 17.6 Å². The van der Waals surface area contributed by atoms with Crippen molar-refractivity contribution in [3.05, 3.63) is 29.3 Å². The van der Waals surface area contributed by atoms with Crippen molar-refractivity contribution in [3.8, 4) is 0 Å². The highest BCUT2D eigenvalue weighted by molar-refractivity contribution is 6.25. The third-order valence-corrected chi connectivity index (χ3v) is 1.83. The number of allylic oxidation sites excluding steroid dienone is 1. The van der Waals surface area contributed by atoms with Crippen molar-refractivity contribution in [2.45, 2.75) is 13.5 Å². The van der Waals surface area contributed by atoms with Crippen molar-refractivity contribution >= 4 is 17.6 Å². The maximum Gasteiger partial charge on any atom is 0.354 e. The summed E-state index contributed by atoms with van der Waals surface area (Å²) in [5.74, 6) is -0.323. The van der Waals surface area contributed by atoms with Gasteiger partial charge in [-0.05, 0) is 6.92 Å². The van der Waals surface area contributed by atoms with E-state index in [4.69, 9.17) is 16.7 Å². The Morgan fingerprint density at radius 1 is 1.85 bits per heavy atom. The number of carboxylic acids is 1. The van der Waals surface area contributed by atoms with Gasteiger partial charge in [0, 0.05) is 12.1 Å². The van der Waals surface area contributed by atoms with Gasteiger partial charge in [0.1, 0.15) is 11.5 Å². The number of rotatable bonds is 3. The summed E-state index contributed by atoms with van der Waals surface area (Å²) in [6.07, 6.45) is 2.99. The van der Waals surface area contributed by atoms with Crippen LogP contribution in [0.3, 0.4) is 0 Å². The number of carbonyl (C=O) groups is 1. The molecular weight excluding hydrogens is 192 g/mol. The normalized spacial score (nSPS) is 10.9. The van der Waals surface area contributed by atoms with Crippen LogP contribution in [-0.4, -0.2) is 20.6 Å². The minimum Gasteiger partial charge on any atom is -0.477 e. The first-order valence-corrected chi connectivity index (χ1v) is 4.11. The molecule has 0 fully saturated rings. The van der Waals surface area contributed by atoms with Crippen LogP contribution in [0.25, 0.3) is 0 Å². The fourth-order valence-corrected chi connectivity index (χ4v) is 1.09. The zero-order valence-electron chi connectivity index (χ0n) is 7.07. The smallest absolute Gasteiger partial charge is 0.354 e. The van der Waals surface area contributed by atoms with Crippen molar-refractivity contribution in [1.29, 1.82) is 0 Å². The average molecular weight is 201 g/mol. The number of hydrogen-bond donors (Lipinski definition) is 1. The van der Waals surface area contributed by atoms with Gasteiger partial charge in [-0.2, -0.15) is 0 Å². The van der Waals surface area contributed by atoms with E-state index in [-0.39, 0.29) is 5.69 Å². The molecule has 0 aliphatic rings. The van der Waals surface area contributed by atoms with E-state index in [1.165, 1.54) is 11.7 Å². The molecule has 1 rings (SSSR count). The quantitative estimate of drug-likeness (QED) is 0.807. The van der Waals surface area contributed by atoms with Gasteiger partial charge in [-0.3, -0.25) is 0 Å². The van der Waals surface area contributed by atoms with E-state index in [0.29, 0.717) is 12.4 Å². The highest BCUT2D eigenvalue weighted by Crippen LogP contribution is 2.04. The van der Waals surface area contributed by atoms with Gasteiger partial charge in [0.2, 0.25) is 0 Å². The second-order valence-corrected chi connectivity index (χ2v) is 2.72. The number of imidazole rings is 1. The fourth-order valence-electron chi connectivity index (χ4n) is 1.01. The Labute approximate surface area is 80.5 Å². The maximum absolute atomic E-state index is 10.7. The first-order valence-electron chi connectivity index (χ1n) is 3.67. The summed E-state index contributed by atoms with van der Waals surface area (Å²) in [6.45, 7) is 2.17. The van der Waals surface area contributed by atoms with Crippen molar-refractivity contribution in [1.82, 2.24) is 9.55 Å². The molecule has 0 amide bonds. The van der Waals surface area contributed by atoms with Crippen molar-refractivity contribution < 1.29 is 9.90 Å². The van der Waals surface area contributed by atoms with E-state index in [2.05, 4.69) is 4.98 Å². The Bertz CT molecular complexity index is 344. The van der Waals surface area contributed by atoms with Crippen LogP contribution in [0, 0.1) is 6.92 Å². The summed E-state index contributed by atoms with van der Waals surface area (Å²) in [6, 6.07) is 0. The predicted octanol–water partition coefficient (Wildman–Crippen LogP) is 1.64. The largest absolute Gasteiger partial charge is 0.477 e. The minimum absolute atomic E-state index is 0.173. The van der Waals surface area contributed by atoms with Gasteiger partial charge in [0.25, 0.3) is 0 Å². The first-order chi connectivity index (χ1) is 6.16. The van der Waals surface area contributed by atoms with Gasteiger partial charge in [-0.1, -0.05) is 17.7 Å². The number of nitrogens with zero attached hydrogens (tertiary/aromatic N) is 2. The monoisotopic (exact) mass is 200 g/mol. The lowest BCUT2D eigenvalue weighted by atomic mass is 10.4. The minimum atomic E-state index is -0.983. The molecule has 0 aromatic carbocycles. The molecule has 0 saturated heterocycles. The van der Waals surface area contributed by atoms with Crippen LogP contribution in [0.2, 0.25) is 0 Å². The SMILES string of the molecule is Cc1ncc(C(=O)O)n1C/C=C/Cl. The van der Waals surface area contributed by atoms with E-state index < -0.39 is 5.97 Å². The summed E-state index contributed by atoms with van der Waals surface area (Å²) in [7, 11) is 0. The zero-order chi connectivity index (χ0) is 9.84. The highest BCUT2D eigenvalue weighted by atomic mass is 35.5. The summed E-state index contributed by atoms with van der Waals surface area (Å²) >= 11 is 5.34. The summed E-state index contributed by atoms with van der Waals surface area (Å²) < 4.78 is 1.57. The van der Waals surface area contributed by atoms with Gasteiger partial charge >= 0.3 is 5.97 Å². The van der Waals surface area contributed by atoms with Crippen molar-refractivity contribution in [2.75, 3.05) is 0 Å². The van der Waals surface area contributed by atoms with Gasteiger partial charge in [0.15, 0.2) is 0 Å². The van der Waals surface area contributed by atoms with E-state index >= 15 is 0 Å². The van der Waals surface area contributed by atoms with E-state index in [1.807, 2.05) is 0 Å². The van der Waals surface area contributed by atoms with Gasteiger partial charge in [-0.15, -0.1) is 0 Å². The van der Waals surface area contributed by atoms with Gasteiger partial charge < -0.3 is 9.67 Å². The molecule has 0 saturated carbocycles. The highest BCUT2D eigenvalue weighted by Gasteiger charge is 2.11. The van der Waals surface area contributed by atoms with Crippen LogP contribution in [0.15, 0.2) is 17.8 Å². The van der Waals surface area contributed by atoms with Crippen LogP contribution in [-0.2, 0) is 6.54 Å². The molecule has 0 bridgehead atoms. The van der Waals surface area contributed by atoms with Gasteiger partial charge in [-0.25, -0.2) is 9.78 Å². The molecule has 70 valence electrons. The molecule has 0 spiro atoms. The molecule has 0 radical (unpaired) electrons. The topological polar surface area (TPSA) is 55.1 Å². The zero-order valence-corrected chi connectivity index (χ0v) is 7.82. The lowest BCUT2D eigenvalue weighted by Crippen LogP contribution is -2.08. The van der Waals surface area contributed by atoms with Crippen molar-refractivity contribution in [3.63, 3.8) is 0 Å². The Balaban J connectivity index is 3.01. The number of aromatic nitrogens is 2. The molecule has 0 atom stereocenters. The Morgan fingerprint density at radius 2 is 2.54 bits per heavy atom. The third kappa shape index (κ3) is 2.09. The molecule has 1 aromatic heterocycles. The average Bonchev–Trinajstić information content (AvgIpc) is 2.43. The summed E-state index contributed by atoms with van der Waals surface area (Å²) in [5.41, 5.74) is 1.53. The molecular formula is C8H9ClN2O2. The number of aryl methyl sites for hydroxylation is 1. The maximum atomic E-state index is 10.7. The first kappa shape index (κ1) is 9.80. The molecule has 1 heterocycles. The molecule has 0 aliphatic heterocycles. The number of halogens is 1. The number of hydrogen-bond acceptors (Lipinski definition) is 2. The molecule has 5 heteroatoms. The number of aromatic carboxylic acids is 1. The Hall–Kier alpha value is -1.29. The molecule has 13 heavy (non-hydrogen) atoms. The van der Waals surface area contributed by atoms with Crippen LogP contribution < -0.4 is 0 Å². The van der Waals surface area contributed by atoms with Crippen molar-refractivity contribution in [2.24, 2.45) is 0 Å². The second kappa shape index (κ2) is 4.09. The van der Waals surface area contributed by atoms with Crippen LogP contribution in [0.1, 0.15) is 16.3 Å². The lowest BCUT2D eigenvalue weighted by molar-refractivity contribution is 0.0685.